The van der Waals surface area contributed by atoms with Gasteiger partial charge in [-0.25, -0.2) is 9.78 Å². The zero-order valence-corrected chi connectivity index (χ0v) is 8.69. The Morgan fingerprint density at radius 2 is 2.57 bits per heavy atom. The highest BCUT2D eigenvalue weighted by Crippen LogP contribution is 2.09. The van der Waals surface area contributed by atoms with Crippen LogP contribution in [0.1, 0.15) is 0 Å². The van der Waals surface area contributed by atoms with Crippen molar-refractivity contribution in [2.24, 2.45) is 0 Å². The van der Waals surface area contributed by atoms with Crippen molar-refractivity contribution in [1.82, 2.24) is 4.98 Å². The van der Waals surface area contributed by atoms with Crippen LogP contribution in [-0.2, 0) is 4.74 Å². The van der Waals surface area contributed by atoms with Crippen LogP contribution in [0, 0.1) is 11.8 Å². The lowest BCUT2D eigenvalue weighted by Gasteiger charge is -1.99. The summed E-state index contributed by atoms with van der Waals surface area (Å²) < 4.78 is 4.70. The summed E-state index contributed by atoms with van der Waals surface area (Å²) in [4.78, 5) is 14.9. The molecule has 0 aliphatic carbocycles. The number of thiazole rings is 1. The highest BCUT2D eigenvalue weighted by atomic mass is 35.5. The number of hydrogen-bond acceptors (Lipinski definition) is 4. The van der Waals surface area contributed by atoms with Crippen LogP contribution in [0.25, 0.3) is 0 Å². The van der Waals surface area contributed by atoms with E-state index in [2.05, 4.69) is 22.1 Å². The predicted octanol–water partition coefficient (Wildman–Crippen LogP) is 1.93. The Morgan fingerprint density at radius 1 is 1.71 bits per heavy atom. The molecule has 1 N–H and O–H groups in total. The Morgan fingerprint density at radius 3 is 3.21 bits per heavy atom. The summed E-state index contributed by atoms with van der Waals surface area (Å²) in [7, 11) is 0. The fourth-order valence-corrected chi connectivity index (χ4v) is 1.22. The average molecular weight is 231 g/mol. The van der Waals surface area contributed by atoms with Crippen LogP contribution in [0.15, 0.2) is 11.6 Å². The fourth-order valence-electron chi connectivity index (χ4n) is 0.608. The van der Waals surface area contributed by atoms with Gasteiger partial charge in [0.2, 0.25) is 0 Å². The van der Waals surface area contributed by atoms with Crippen molar-refractivity contribution in [1.29, 1.82) is 0 Å². The molecule has 0 unspecified atom stereocenters. The number of nitrogens with zero attached hydrogens (tertiary/aromatic N) is 1. The molecule has 4 nitrogen and oxygen atoms in total. The molecule has 0 atom stereocenters. The van der Waals surface area contributed by atoms with Crippen molar-refractivity contribution in [3.8, 4) is 11.8 Å². The molecule has 0 spiro atoms. The zero-order valence-electron chi connectivity index (χ0n) is 7.12. The van der Waals surface area contributed by atoms with Crippen LogP contribution < -0.4 is 5.32 Å². The summed E-state index contributed by atoms with van der Waals surface area (Å²) in [6.07, 6.45) is 1.02. The molecule has 0 saturated carbocycles. The molecule has 0 saturated heterocycles. The number of ether oxygens (including phenoxy) is 1. The molecule has 0 aromatic carbocycles. The quantitative estimate of drug-likeness (QED) is 0.624. The second kappa shape index (κ2) is 6.24. The molecule has 6 heteroatoms. The van der Waals surface area contributed by atoms with Crippen LogP contribution in [0.4, 0.5) is 9.93 Å². The average Bonchev–Trinajstić information content (AvgIpc) is 2.65. The smallest absolute Gasteiger partial charge is 0.414 e. The van der Waals surface area contributed by atoms with Gasteiger partial charge in [0.15, 0.2) is 11.7 Å². The van der Waals surface area contributed by atoms with E-state index >= 15 is 0 Å². The molecule has 1 amide bonds. The highest BCUT2D eigenvalue weighted by molar-refractivity contribution is 7.13. The minimum atomic E-state index is -0.566. The molecule has 74 valence electrons. The van der Waals surface area contributed by atoms with E-state index < -0.39 is 6.09 Å². The Kier molecular flexibility index (Phi) is 4.83. The van der Waals surface area contributed by atoms with Gasteiger partial charge in [-0.2, -0.15) is 0 Å². The van der Waals surface area contributed by atoms with Crippen molar-refractivity contribution in [3.05, 3.63) is 11.6 Å². The molecule has 1 aromatic heterocycles. The summed E-state index contributed by atoms with van der Waals surface area (Å²) in [5, 5.41) is 4.70. The minimum Gasteiger partial charge on any atom is -0.436 e. The summed E-state index contributed by atoms with van der Waals surface area (Å²) in [6.45, 7) is 0.0317. The van der Waals surface area contributed by atoms with E-state index in [1.54, 1.807) is 11.6 Å². The van der Waals surface area contributed by atoms with Gasteiger partial charge in [0, 0.05) is 11.6 Å². The highest BCUT2D eigenvalue weighted by Gasteiger charge is 2.02. The van der Waals surface area contributed by atoms with Crippen molar-refractivity contribution in [3.63, 3.8) is 0 Å². The normalized spacial score (nSPS) is 8.64. The van der Waals surface area contributed by atoms with Crippen molar-refractivity contribution < 1.29 is 9.53 Å². The van der Waals surface area contributed by atoms with Gasteiger partial charge in [0.25, 0.3) is 0 Å². The Labute approximate surface area is 90.2 Å². The monoisotopic (exact) mass is 230 g/mol. The first-order valence-corrected chi connectivity index (χ1v) is 5.09. The first-order valence-electron chi connectivity index (χ1n) is 3.68. The fraction of sp³-hybridized carbons (Fsp3) is 0.250. The van der Waals surface area contributed by atoms with Crippen molar-refractivity contribution in [2.75, 3.05) is 17.8 Å². The van der Waals surface area contributed by atoms with Gasteiger partial charge in [-0.3, -0.25) is 5.32 Å². The molecule has 14 heavy (non-hydrogen) atoms. The summed E-state index contributed by atoms with van der Waals surface area (Å²) in [5.74, 6) is 5.36. The number of rotatable bonds is 2. The second-order valence-corrected chi connectivity index (χ2v) is 3.19. The molecule has 0 fully saturated rings. The Balaban J connectivity index is 2.23. The number of carbonyl (C=O) groups is 1. The van der Waals surface area contributed by atoms with E-state index in [-0.39, 0.29) is 12.5 Å². The number of nitrogens with one attached hydrogen (secondary N) is 1. The molecular weight excluding hydrogens is 224 g/mol. The number of hydrogen-bond donors (Lipinski definition) is 1. The van der Waals surface area contributed by atoms with E-state index in [1.165, 1.54) is 11.3 Å². The standard InChI is InChI=1S/C8H7ClN2O2S/c9-3-1-2-5-13-8(12)11-7-10-4-6-14-7/h4,6H,3,5H2,(H,10,11,12). The molecule has 1 rings (SSSR count). The number of amides is 1. The Bertz CT molecular complexity index is 342. The lowest BCUT2D eigenvalue weighted by molar-refractivity contribution is 0.176. The molecule has 1 heterocycles. The third-order valence-electron chi connectivity index (χ3n) is 1.11. The van der Waals surface area contributed by atoms with Gasteiger partial charge in [-0.1, -0.05) is 11.8 Å². The topological polar surface area (TPSA) is 51.2 Å². The van der Waals surface area contributed by atoms with E-state index in [4.69, 9.17) is 16.3 Å². The lowest BCUT2D eigenvalue weighted by Crippen LogP contribution is -2.13. The minimum absolute atomic E-state index is 0.0317. The van der Waals surface area contributed by atoms with Crippen LogP contribution >= 0.6 is 22.9 Å². The van der Waals surface area contributed by atoms with Gasteiger partial charge in [0.05, 0.1) is 5.88 Å². The second-order valence-electron chi connectivity index (χ2n) is 2.03. The third-order valence-corrected chi connectivity index (χ3v) is 1.93. The maximum absolute atomic E-state index is 11.0. The zero-order chi connectivity index (χ0) is 10.2. The van der Waals surface area contributed by atoms with Gasteiger partial charge in [-0.15, -0.1) is 22.9 Å². The largest absolute Gasteiger partial charge is 0.436 e. The molecule has 1 aromatic rings. The summed E-state index contributed by atoms with van der Waals surface area (Å²) in [5.41, 5.74) is 0. The Hall–Kier alpha value is -1.25. The van der Waals surface area contributed by atoms with Crippen LogP contribution in [0.3, 0.4) is 0 Å². The lowest BCUT2D eigenvalue weighted by atomic mass is 10.6. The molecule has 0 aliphatic rings. The SMILES string of the molecule is O=C(Nc1nccs1)OCC#CCCl. The van der Waals surface area contributed by atoms with Gasteiger partial charge >= 0.3 is 6.09 Å². The predicted molar refractivity (Wildman–Crippen MR) is 55.6 cm³/mol. The number of carbonyl (C=O) groups excluding carboxylic acids is 1. The number of alkyl halides is 1. The number of aromatic nitrogens is 1. The van der Waals surface area contributed by atoms with Crippen LogP contribution in [-0.4, -0.2) is 23.6 Å². The first-order chi connectivity index (χ1) is 6.83. The van der Waals surface area contributed by atoms with Gasteiger partial charge in [-0.05, 0) is 0 Å². The molecular formula is C8H7ClN2O2S. The third kappa shape index (κ3) is 4.12. The molecule has 0 radical (unpaired) electrons. The van der Waals surface area contributed by atoms with E-state index in [0.717, 1.165) is 0 Å². The number of halogens is 1. The maximum atomic E-state index is 11.0. The van der Waals surface area contributed by atoms with Crippen LogP contribution in [0.5, 0.6) is 0 Å². The van der Waals surface area contributed by atoms with E-state index in [0.29, 0.717) is 5.13 Å². The van der Waals surface area contributed by atoms with Crippen LogP contribution in [0.2, 0.25) is 0 Å². The molecule has 0 bridgehead atoms. The molecule has 0 aliphatic heterocycles. The summed E-state index contributed by atoms with van der Waals surface area (Å²) in [6, 6.07) is 0. The maximum Gasteiger partial charge on any atom is 0.414 e. The van der Waals surface area contributed by atoms with Crippen molar-refractivity contribution >= 4 is 34.2 Å². The summed E-state index contributed by atoms with van der Waals surface area (Å²) >= 11 is 6.61. The van der Waals surface area contributed by atoms with Crippen molar-refractivity contribution in [2.45, 2.75) is 0 Å². The van der Waals surface area contributed by atoms with E-state index in [1.807, 2.05) is 0 Å². The van der Waals surface area contributed by atoms with Gasteiger partial charge < -0.3 is 4.74 Å². The van der Waals surface area contributed by atoms with Gasteiger partial charge in [0.1, 0.15) is 0 Å². The number of anilines is 1. The van der Waals surface area contributed by atoms with E-state index in [9.17, 15) is 4.79 Å². The first kappa shape index (κ1) is 10.8.